The third-order valence-electron chi connectivity index (χ3n) is 7.12. The molecule has 3 atom stereocenters. The number of aromatic nitrogens is 5. The predicted molar refractivity (Wildman–Crippen MR) is 132 cm³/mol. The summed E-state index contributed by atoms with van der Waals surface area (Å²) in [4.78, 5) is 44.5. The van der Waals surface area contributed by atoms with Gasteiger partial charge in [-0.05, 0) is 43.4 Å². The predicted octanol–water partition coefficient (Wildman–Crippen LogP) is 3.57. The molecule has 2 fully saturated rings. The van der Waals surface area contributed by atoms with Gasteiger partial charge in [0.1, 0.15) is 35.5 Å². The lowest BCUT2D eigenvalue weighted by Crippen LogP contribution is -2.46. The van der Waals surface area contributed by atoms with E-state index >= 15 is 0 Å². The first kappa shape index (κ1) is 24.3. The van der Waals surface area contributed by atoms with Crippen LogP contribution in [0.25, 0.3) is 21.9 Å². The minimum absolute atomic E-state index is 0.00763. The van der Waals surface area contributed by atoms with Gasteiger partial charge in [-0.2, -0.15) is 13.2 Å². The Morgan fingerprint density at radius 1 is 1.21 bits per heavy atom. The lowest BCUT2D eigenvalue weighted by atomic mass is 10.1. The van der Waals surface area contributed by atoms with E-state index in [4.69, 9.17) is 17.3 Å². The van der Waals surface area contributed by atoms with Crippen molar-refractivity contribution in [1.29, 1.82) is 0 Å². The fraction of sp³-hybridized carbons (Fsp3) is 0.333. The summed E-state index contributed by atoms with van der Waals surface area (Å²) in [6.45, 7) is 1.29. The zero-order valence-electron chi connectivity index (χ0n) is 19.8. The zero-order chi connectivity index (χ0) is 26.9. The highest BCUT2D eigenvalue weighted by Gasteiger charge is 2.56. The number of amides is 2. The fourth-order valence-electron chi connectivity index (χ4n) is 5.48. The van der Waals surface area contributed by atoms with Crippen molar-refractivity contribution in [2.75, 3.05) is 11.1 Å². The van der Waals surface area contributed by atoms with E-state index in [2.05, 4.69) is 25.3 Å². The summed E-state index contributed by atoms with van der Waals surface area (Å²) < 4.78 is 42.3. The number of halogens is 4. The molecule has 4 heterocycles. The van der Waals surface area contributed by atoms with Crippen LogP contribution in [0, 0.1) is 12.8 Å². The average molecular weight is 545 g/mol. The van der Waals surface area contributed by atoms with Crippen LogP contribution in [0.3, 0.4) is 0 Å². The SMILES string of the molecule is Cc1cc(C(F)(F)F)cc2c3c(N)ncnc3n(CC(=O)N3[C@@H]4C[C@@H]4C[C@H]3C(=O)Nc3cncc(Cl)n3)c12. The van der Waals surface area contributed by atoms with Crippen molar-refractivity contribution in [3.63, 3.8) is 0 Å². The van der Waals surface area contributed by atoms with Gasteiger partial charge in [-0.25, -0.2) is 15.0 Å². The number of nitrogen functional groups attached to an aromatic ring is 1. The molecule has 196 valence electrons. The van der Waals surface area contributed by atoms with E-state index < -0.39 is 23.7 Å². The Balaban J connectivity index is 1.37. The number of nitrogens with two attached hydrogens (primary N) is 1. The highest BCUT2D eigenvalue weighted by molar-refractivity contribution is 6.29. The van der Waals surface area contributed by atoms with Crippen molar-refractivity contribution in [1.82, 2.24) is 29.4 Å². The second kappa shape index (κ2) is 8.51. The molecule has 38 heavy (non-hydrogen) atoms. The molecular weight excluding hydrogens is 525 g/mol. The number of piperidine rings is 1. The largest absolute Gasteiger partial charge is 0.416 e. The molecule has 4 aromatic rings. The van der Waals surface area contributed by atoms with Crippen LogP contribution in [-0.2, 0) is 22.3 Å². The number of hydrogen-bond donors (Lipinski definition) is 2. The first-order valence-electron chi connectivity index (χ1n) is 11.7. The Kier molecular flexibility index (Phi) is 5.45. The maximum absolute atomic E-state index is 13.7. The van der Waals surface area contributed by atoms with Crippen molar-refractivity contribution in [2.24, 2.45) is 5.92 Å². The van der Waals surface area contributed by atoms with Gasteiger partial charge in [-0.1, -0.05) is 11.6 Å². The van der Waals surface area contributed by atoms with E-state index in [0.717, 1.165) is 18.6 Å². The van der Waals surface area contributed by atoms with Gasteiger partial charge in [-0.3, -0.25) is 14.6 Å². The summed E-state index contributed by atoms with van der Waals surface area (Å²) in [6.07, 6.45) is 0.588. The second-order valence-electron chi connectivity index (χ2n) is 9.56. The molecule has 0 spiro atoms. The van der Waals surface area contributed by atoms with Gasteiger partial charge >= 0.3 is 6.18 Å². The van der Waals surface area contributed by atoms with Gasteiger partial charge < -0.3 is 20.5 Å². The van der Waals surface area contributed by atoms with E-state index in [1.165, 1.54) is 25.6 Å². The average Bonchev–Trinajstić information content (AvgIpc) is 3.38. The second-order valence-corrected chi connectivity index (χ2v) is 9.95. The normalized spacial score (nSPS) is 20.7. The van der Waals surface area contributed by atoms with E-state index in [0.29, 0.717) is 17.5 Å². The molecule has 0 bridgehead atoms. The highest BCUT2D eigenvalue weighted by Crippen LogP contribution is 2.48. The molecule has 0 unspecified atom stereocenters. The molecule has 2 amide bonds. The summed E-state index contributed by atoms with van der Waals surface area (Å²) in [5.41, 5.74) is 6.17. The number of nitrogens with one attached hydrogen (secondary N) is 1. The molecule has 1 saturated carbocycles. The molecule has 1 aromatic carbocycles. The number of rotatable bonds is 4. The Morgan fingerprint density at radius 2 is 2.00 bits per heavy atom. The molecule has 10 nitrogen and oxygen atoms in total. The number of aryl methyl sites for hydroxylation is 1. The molecule has 6 rings (SSSR count). The number of carbonyl (C=O) groups excluding carboxylic acids is 2. The van der Waals surface area contributed by atoms with Crippen molar-refractivity contribution in [3.8, 4) is 0 Å². The lowest BCUT2D eigenvalue weighted by molar-refractivity contribution is -0.138. The van der Waals surface area contributed by atoms with Gasteiger partial charge in [0.2, 0.25) is 11.8 Å². The quantitative estimate of drug-likeness (QED) is 0.401. The van der Waals surface area contributed by atoms with Crippen molar-refractivity contribution in [3.05, 3.63) is 47.1 Å². The topological polar surface area (TPSA) is 132 Å². The number of anilines is 2. The highest BCUT2D eigenvalue weighted by atomic mass is 35.5. The number of carbonyl (C=O) groups is 2. The van der Waals surface area contributed by atoms with Gasteiger partial charge in [0.25, 0.3) is 0 Å². The van der Waals surface area contributed by atoms with Gasteiger partial charge in [0.05, 0.1) is 28.9 Å². The minimum Gasteiger partial charge on any atom is -0.383 e. The van der Waals surface area contributed by atoms with Crippen molar-refractivity contribution < 1.29 is 22.8 Å². The Morgan fingerprint density at radius 3 is 2.74 bits per heavy atom. The number of nitrogens with zero attached hydrogens (tertiary/aromatic N) is 6. The van der Waals surface area contributed by atoms with Gasteiger partial charge in [-0.15, -0.1) is 0 Å². The molecule has 0 radical (unpaired) electrons. The molecule has 3 aromatic heterocycles. The van der Waals surface area contributed by atoms with Crippen LogP contribution in [-0.4, -0.2) is 53.3 Å². The van der Waals surface area contributed by atoms with Crippen LogP contribution >= 0.6 is 11.6 Å². The monoisotopic (exact) mass is 544 g/mol. The third-order valence-corrected chi connectivity index (χ3v) is 7.31. The summed E-state index contributed by atoms with van der Waals surface area (Å²) in [7, 11) is 0. The third kappa shape index (κ3) is 3.97. The maximum Gasteiger partial charge on any atom is 0.416 e. The molecule has 1 aliphatic heterocycles. The summed E-state index contributed by atoms with van der Waals surface area (Å²) in [5, 5.41) is 3.22. The number of hydrogen-bond acceptors (Lipinski definition) is 7. The summed E-state index contributed by atoms with van der Waals surface area (Å²) >= 11 is 5.86. The van der Waals surface area contributed by atoms with Gasteiger partial charge in [0.15, 0.2) is 5.82 Å². The van der Waals surface area contributed by atoms with Crippen molar-refractivity contribution >= 4 is 57.0 Å². The Hall–Kier alpha value is -4.00. The van der Waals surface area contributed by atoms with Crippen LogP contribution in [0.2, 0.25) is 5.15 Å². The molecule has 1 aliphatic carbocycles. The minimum atomic E-state index is -4.57. The van der Waals surface area contributed by atoms with E-state index in [1.54, 1.807) is 9.47 Å². The standard InChI is InChI=1S/C24H20ClF3N8O2/c1-10-2-12(24(26,27)28)5-13-19-21(29)31-9-32-22(19)35(20(10)13)8-18(37)36-14-3-11(14)4-15(36)23(38)34-17-7-30-6-16(25)33-17/h2,5-7,9,11,14-15H,3-4,8H2,1H3,(H2,29,31,32)(H,33,34,38)/t11-,14-,15+/m1/s1. The Bertz CT molecular complexity index is 1640. The summed E-state index contributed by atoms with van der Waals surface area (Å²) in [6, 6.07) is 1.20. The molecule has 3 N–H and O–H groups in total. The van der Waals surface area contributed by atoms with Crippen LogP contribution in [0.5, 0.6) is 0 Å². The van der Waals surface area contributed by atoms with E-state index in [9.17, 15) is 22.8 Å². The molecular formula is C24H20ClF3N8O2. The zero-order valence-corrected chi connectivity index (χ0v) is 20.6. The number of alkyl halides is 3. The number of fused-ring (bicyclic) bond motifs is 4. The maximum atomic E-state index is 13.7. The smallest absolute Gasteiger partial charge is 0.383 e. The van der Waals surface area contributed by atoms with Gasteiger partial charge in [0, 0.05) is 11.4 Å². The first-order chi connectivity index (χ1) is 18.0. The molecule has 14 heteroatoms. The van der Waals surface area contributed by atoms with E-state index in [1.807, 2.05) is 0 Å². The fourth-order valence-corrected chi connectivity index (χ4v) is 5.63. The number of benzene rings is 1. The lowest BCUT2D eigenvalue weighted by Gasteiger charge is -2.27. The molecule has 2 aliphatic rings. The number of likely N-dealkylation sites (tertiary alicyclic amines) is 1. The van der Waals surface area contributed by atoms with Crippen LogP contribution in [0.15, 0.2) is 30.9 Å². The first-order valence-corrected chi connectivity index (χ1v) is 12.1. The van der Waals surface area contributed by atoms with Crippen LogP contribution < -0.4 is 11.1 Å². The van der Waals surface area contributed by atoms with Crippen LogP contribution in [0.1, 0.15) is 24.0 Å². The molecule has 1 saturated heterocycles. The summed E-state index contributed by atoms with van der Waals surface area (Å²) in [5.74, 6) is -0.397. The van der Waals surface area contributed by atoms with Crippen molar-refractivity contribution in [2.45, 2.75) is 44.6 Å². The van der Waals surface area contributed by atoms with E-state index in [-0.39, 0.29) is 57.6 Å². The van der Waals surface area contributed by atoms with Crippen LogP contribution in [0.4, 0.5) is 24.8 Å². The Labute approximate surface area is 218 Å².